The van der Waals surface area contributed by atoms with Gasteiger partial charge in [0.15, 0.2) is 0 Å². The van der Waals surface area contributed by atoms with Gasteiger partial charge in [-0.2, -0.15) is 0 Å². The van der Waals surface area contributed by atoms with Gasteiger partial charge in [0.1, 0.15) is 0 Å². The van der Waals surface area contributed by atoms with Crippen molar-refractivity contribution in [2.45, 2.75) is 31.7 Å². The molecule has 0 radical (unpaired) electrons. The molecule has 1 unspecified atom stereocenters. The Morgan fingerprint density at radius 1 is 1.24 bits per heavy atom. The fraction of sp³-hybridized carbons (Fsp3) is 0.833. The Kier molecular flexibility index (Phi) is 3.66. The van der Waals surface area contributed by atoms with Crippen LogP contribution in [0.25, 0.3) is 0 Å². The van der Waals surface area contributed by atoms with Gasteiger partial charge in [0.05, 0.1) is 11.8 Å². The molecule has 0 aromatic rings. The fourth-order valence-corrected chi connectivity index (χ4v) is 2.80. The lowest BCUT2D eigenvalue weighted by atomic mass is 10.1. The van der Waals surface area contributed by atoms with Crippen molar-refractivity contribution in [2.75, 3.05) is 20.1 Å². The molecule has 2 aliphatic rings. The second-order valence-electron chi connectivity index (χ2n) is 5.30. The molecular weight excluding hydrogens is 220 g/mol. The number of carboxylic acid groups (broad SMARTS) is 1. The van der Waals surface area contributed by atoms with E-state index >= 15 is 0 Å². The molecule has 0 aromatic heterocycles. The normalized spacial score (nSPS) is 33.8. The van der Waals surface area contributed by atoms with E-state index in [0.717, 1.165) is 25.9 Å². The van der Waals surface area contributed by atoms with Crippen molar-refractivity contribution in [1.29, 1.82) is 0 Å². The third-order valence-electron chi connectivity index (χ3n) is 3.89. The summed E-state index contributed by atoms with van der Waals surface area (Å²) >= 11 is 0. The van der Waals surface area contributed by atoms with Gasteiger partial charge in [0, 0.05) is 12.6 Å². The Balaban J connectivity index is 1.78. The molecule has 0 spiro atoms. The van der Waals surface area contributed by atoms with Crippen molar-refractivity contribution in [2.24, 2.45) is 11.8 Å². The first-order chi connectivity index (χ1) is 8.06. The minimum absolute atomic E-state index is 0.0644. The molecule has 2 fully saturated rings. The fourth-order valence-electron chi connectivity index (χ4n) is 2.80. The zero-order valence-corrected chi connectivity index (χ0v) is 10.2. The minimum atomic E-state index is -0.734. The van der Waals surface area contributed by atoms with Crippen molar-refractivity contribution in [1.82, 2.24) is 10.2 Å². The van der Waals surface area contributed by atoms with Crippen molar-refractivity contribution < 1.29 is 14.7 Å². The molecule has 3 atom stereocenters. The average Bonchev–Trinajstić information content (AvgIpc) is 2.86. The second kappa shape index (κ2) is 5.04. The molecule has 2 rings (SSSR count). The SMILES string of the molecule is CN1CCC(C(=O)N[C@H]2CC[C@@H](C(=O)O)C2)C1. The number of hydrogen-bond acceptors (Lipinski definition) is 3. The number of amides is 1. The monoisotopic (exact) mass is 240 g/mol. The molecule has 1 saturated carbocycles. The van der Waals surface area contributed by atoms with Crippen molar-refractivity contribution >= 4 is 11.9 Å². The third kappa shape index (κ3) is 2.97. The van der Waals surface area contributed by atoms with Crippen LogP contribution in [0.15, 0.2) is 0 Å². The summed E-state index contributed by atoms with van der Waals surface area (Å²) in [5.74, 6) is -0.817. The predicted molar refractivity (Wildman–Crippen MR) is 62.5 cm³/mol. The van der Waals surface area contributed by atoms with E-state index in [0.29, 0.717) is 12.8 Å². The highest BCUT2D eigenvalue weighted by molar-refractivity contribution is 5.79. The van der Waals surface area contributed by atoms with Crippen LogP contribution < -0.4 is 5.32 Å². The largest absolute Gasteiger partial charge is 0.481 e. The lowest BCUT2D eigenvalue weighted by molar-refractivity contribution is -0.141. The molecule has 1 amide bonds. The van der Waals surface area contributed by atoms with E-state index in [1.165, 1.54) is 0 Å². The topological polar surface area (TPSA) is 69.6 Å². The van der Waals surface area contributed by atoms with Gasteiger partial charge in [-0.25, -0.2) is 0 Å². The first kappa shape index (κ1) is 12.4. The lowest BCUT2D eigenvalue weighted by Crippen LogP contribution is -2.38. The molecule has 1 saturated heterocycles. The van der Waals surface area contributed by atoms with E-state index < -0.39 is 5.97 Å². The van der Waals surface area contributed by atoms with Crippen LogP contribution in [-0.2, 0) is 9.59 Å². The van der Waals surface area contributed by atoms with E-state index in [4.69, 9.17) is 5.11 Å². The Bertz CT molecular complexity index is 319. The van der Waals surface area contributed by atoms with E-state index in [1.54, 1.807) is 0 Å². The van der Waals surface area contributed by atoms with Crippen LogP contribution in [0, 0.1) is 11.8 Å². The van der Waals surface area contributed by atoms with Crippen LogP contribution in [-0.4, -0.2) is 48.1 Å². The maximum absolute atomic E-state index is 11.9. The van der Waals surface area contributed by atoms with E-state index in [2.05, 4.69) is 10.2 Å². The minimum Gasteiger partial charge on any atom is -0.481 e. The highest BCUT2D eigenvalue weighted by atomic mass is 16.4. The van der Waals surface area contributed by atoms with Crippen LogP contribution in [0.4, 0.5) is 0 Å². The average molecular weight is 240 g/mol. The third-order valence-corrected chi connectivity index (χ3v) is 3.89. The van der Waals surface area contributed by atoms with Crippen molar-refractivity contribution in [3.8, 4) is 0 Å². The molecule has 1 heterocycles. The maximum atomic E-state index is 11.9. The summed E-state index contributed by atoms with van der Waals surface area (Å²) < 4.78 is 0. The zero-order chi connectivity index (χ0) is 12.4. The highest BCUT2D eigenvalue weighted by Gasteiger charge is 2.33. The number of nitrogens with one attached hydrogen (secondary N) is 1. The number of carboxylic acids is 1. The summed E-state index contributed by atoms with van der Waals surface area (Å²) in [5, 5.41) is 11.9. The van der Waals surface area contributed by atoms with Gasteiger partial charge in [-0.05, 0) is 39.3 Å². The first-order valence-electron chi connectivity index (χ1n) is 6.28. The van der Waals surface area contributed by atoms with Crippen LogP contribution in [0.3, 0.4) is 0 Å². The van der Waals surface area contributed by atoms with Crippen LogP contribution in [0.5, 0.6) is 0 Å². The van der Waals surface area contributed by atoms with Gasteiger partial charge < -0.3 is 15.3 Å². The quantitative estimate of drug-likeness (QED) is 0.745. The number of nitrogens with zero attached hydrogens (tertiary/aromatic N) is 1. The molecule has 2 N–H and O–H groups in total. The molecular formula is C12H20N2O3. The highest BCUT2D eigenvalue weighted by Crippen LogP contribution is 2.26. The summed E-state index contributed by atoms with van der Waals surface area (Å²) in [6.07, 6.45) is 2.98. The van der Waals surface area contributed by atoms with Gasteiger partial charge in [0.2, 0.25) is 5.91 Å². The Labute approximate surface area is 101 Å². The molecule has 1 aliphatic carbocycles. The van der Waals surface area contributed by atoms with E-state index in [-0.39, 0.29) is 23.8 Å². The van der Waals surface area contributed by atoms with Gasteiger partial charge in [0.25, 0.3) is 0 Å². The first-order valence-corrected chi connectivity index (χ1v) is 6.28. The smallest absolute Gasteiger partial charge is 0.306 e. The van der Waals surface area contributed by atoms with Gasteiger partial charge in [-0.3, -0.25) is 9.59 Å². The second-order valence-corrected chi connectivity index (χ2v) is 5.30. The van der Waals surface area contributed by atoms with E-state index in [9.17, 15) is 9.59 Å². The molecule has 5 nitrogen and oxygen atoms in total. The maximum Gasteiger partial charge on any atom is 0.306 e. The summed E-state index contributed by atoms with van der Waals surface area (Å²) in [7, 11) is 2.02. The lowest BCUT2D eigenvalue weighted by Gasteiger charge is -2.16. The Morgan fingerprint density at radius 3 is 2.53 bits per heavy atom. The predicted octanol–water partition coefficient (Wildman–Crippen LogP) is 0.308. The van der Waals surface area contributed by atoms with E-state index in [1.807, 2.05) is 7.05 Å². The standard InChI is InChI=1S/C12H20N2O3/c1-14-5-4-9(7-14)11(15)13-10-3-2-8(6-10)12(16)17/h8-10H,2-7H2,1H3,(H,13,15)(H,16,17)/t8-,9?,10+/m1/s1. The Morgan fingerprint density at radius 2 is 2.00 bits per heavy atom. The summed E-state index contributed by atoms with van der Waals surface area (Å²) in [5.41, 5.74) is 0. The number of carbonyl (C=O) groups excluding carboxylic acids is 1. The molecule has 5 heteroatoms. The number of aliphatic carboxylic acids is 1. The summed E-state index contributed by atoms with van der Waals surface area (Å²) in [6.45, 7) is 1.79. The molecule has 17 heavy (non-hydrogen) atoms. The van der Waals surface area contributed by atoms with Crippen molar-refractivity contribution in [3.63, 3.8) is 0 Å². The number of hydrogen-bond donors (Lipinski definition) is 2. The van der Waals surface area contributed by atoms with Crippen LogP contribution in [0.1, 0.15) is 25.7 Å². The molecule has 0 aromatic carbocycles. The molecule has 1 aliphatic heterocycles. The summed E-state index contributed by atoms with van der Waals surface area (Å²) in [4.78, 5) is 24.9. The van der Waals surface area contributed by atoms with Gasteiger partial charge >= 0.3 is 5.97 Å². The zero-order valence-electron chi connectivity index (χ0n) is 10.2. The van der Waals surface area contributed by atoms with Gasteiger partial charge in [-0.1, -0.05) is 0 Å². The number of carbonyl (C=O) groups is 2. The van der Waals surface area contributed by atoms with Crippen LogP contribution >= 0.6 is 0 Å². The Hall–Kier alpha value is -1.10. The molecule has 0 bridgehead atoms. The molecule has 96 valence electrons. The number of rotatable bonds is 3. The number of likely N-dealkylation sites (tertiary alicyclic amines) is 1. The van der Waals surface area contributed by atoms with Crippen LogP contribution in [0.2, 0.25) is 0 Å². The summed E-state index contributed by atoms with van der Waals surface area (Å²) in [6, 6.07) is 0.0644. The van der Waals surface area contributed by atoms with Crippen molar-refractivity contribution in [3.05, 3.63) is 0 Å². The van der Waals surface area contributed by atoms with Gasteiger partial charge in [-0.15, -0.1) is 0 Å².